The molecule has 1 aliphatic rings. The summed E-state index contributed by atoms with van der Waals surface area (Å²) in [6.45, 7) is 4.32. The van der Waals surface area contributed by atoms with Gasteiger partial charge in [-0.1, -0.05) is 19.8 Å². The first-order valence-corrected chi connectivity index (χ1v) is 5.24. The second-order valence-electron chi connectivity index (χ2n) is 3.90. The summed E-state index contributed by atoms with van der Waals surface area (Å²) >= 11 is 0. The monoisotopic (exact) mass is 191 g/mol. The highest BCUT2D eigenvalue weighted by atomic mass is 19.3. The van der Waals surface area contributed by atoms with Crippen molar-refractivity contribution in [1.29, 1.82) is 0 Å². The Labute approximate surface area is 79.1 Å². The molecular weight excluding hydrogens is 172 g/mol. The highest BCUT2D eigenvalue weighted by Gasteiger charge is 2.33. The zero-order chi connectivity index (χ0) is 9.73. The molecule has 1 saturated heterocycles. The van der Waals surface area contributed by atoms with Crippen LogP contribution in [0.2, 0.25) is 0 Å². The zero-order valence-corrected chi connectivity index (χ0v) is 8.36. The maximum Gasteiger partial charge on any atom is 0.250 e. The van der Waals surface area contributed by atoms with Crippen molar-refractivity contribution in [2.75, 3.05) is 19.6 Å². The Kier molecular flexibility index (Phi) is 4.10. The minimum absolute atomic E-state index is 0.0547. The fraction of sp³-hybridized carbons (Fsp3) is 1.00. The van der Waals surface area contributed by atoms with Gasteiger partial charge in [-0.25, -0.2) is 8.78 Å². The van der Waals surface area contributed by atoms with Crippen molar-refractivity contribution in [2.24, 2.45) is 0 Å². The number of halogens is 2. The molecule has 1 fully saturated rings. The summed E-state index contributed by atoms with van der Waals surface area (Å²) in [6.07, 6.45) is 3.68. The smallest absolute Gasteiger partial charge is 0.250 e. The Morgan fingerprint density at radius 2 is 1.77 bits per heavy atom. The van der Waals surface area contributed by atoms with Crippen molar-refractivity contribution in [3.05, 3.63) is 0 Å². The summed E-state index contributed by atoms with van der Waals surface area (Å²) in [5.74, 6) is -2.39. The van der Waals surface area contributed by atoms with E-state index in [2.05, 4.69) is 11.8 Å². The van der Waals surface area contributed by atoms with E-state index in [-0.39, 0.29) is 12.8 Å². The highest BCUT2D eigenvalue weighted by Crippen LogP contribution is 2.27. The minimum atomic E-state index is -2.39. The normalized spacial score (nSPS) is 23.3. The molecule has 1 rings (SSSR count). The van der Waals surface area contributed by atoms with Crippen molar-refractivity contribution in [1.82, 2.24) is 4.90 Å². The first-order valence-electron chi connectivity index (χ1n) is 5.24. The summed E-state index contributed by atoms with van der Waals surface area (Å²) in [7, 11) is 0. The second-order valence-corrected chi connectivity index (χ2v) is 3.90. The molecule has 1 heterocycles. The van der Waals surface area contributed by atoms with Crippen LogP contribution in [0.15, 0.2) is 0 Å². The van der Waals surface area contributed by atoms with Gasteiger partial charge in [-0.3, -0.25) is 0 Å². The molecule has 0 atom stereocenters. The minimum Gasteiger partial charge on any atom is -0.303 e. The molecule has 0 aromatic heterocycles. The number of likely N-dealkylation sites (tertiary alicyclic amines) is 1. The van der Waals surface area contributed by atoms with Gasteiger partial charge in [0.25, 0.3) is 5.92 Å². The van der Waals surface area contributed by atoms with Crippen LogP contribution in [0.4, 0.5) is 8.78 Å². The van der Waals surface area contributed by atoms with E-state index in [1.54, 1.807) is 0 Å². The third-order valence-corrected chi connectivity index (χ3v) is 2.67. The van der Waals surface area contributed by atoms with Gasteiger partial charge in [0, 0.05) is 25.9 Å². The lowest BCUT2D eigenvalue weighted by Gasteiger charge is -2.31. The van der Waals surface area contributed by atoms with Crippen LogP contribution in [0.5, 0.6) is 0 Å². The number of nitrogens with zero attached hydrogens (tertiary/aromatic N) is 1. The zero-order valence-electron chi connectivity index (χ0n) is 8.36. The Bertz CT molecular complexity index is 138. The van der Waals surface area contributed by atoms with Gasteiger partial charge in [-0.15, -0.1) is 0 Å². The maximum atomic E-state index is 12.7. The van der Waals surface area contributed by atoms with Crippen molar-refractivity contribution < 1.29 is 8.78 Å². The predicted molar refractivity (Wildman–Crippen MR) is 50.1 cm³/mol. The van der Waals surface area contributed by atoms with Crippen LogP contribution >= 0.6 is 0 Å². The Balaban J connectivity index is 2.11. The van der Waals surface area contributed by atoms with E-state index in [1.165, 1.54) is 12.8 Å². The van der Waals surface area contributed by atoms with Crippen LogP contribution in [0, 0.1) is 0 Å². The summed E-state index contributed by atoms with van der Waals surface area (Å²) in [4.78, 5) is 2.16. The van der Waals surface area contributed by atoms with Crippen LogP contribution in [-0.4, -0.2) is 30.5 Å². The molecular formula is C10H19F2N. The molecule has 0 aromatic rings. The van der Waals surface area contributed by atoms with Crippen LogP contribution in [-0.2, 0) is 0 Å². The predicted octanol–water partition coefficient (Wildman–Crippen LogP) is 2.91. The van der Waals surface area contributed by atoms with E-state index in [4.69, 9.17) is 0 Å². The summed E-state index contributed by atoms with van der Waals surface area (Å²) in [6, 6.07) is 0. The first kappa shape index (κ1) is 10.9. The second kappa shape index (κ2) is 4.89. The van der Waals surface area contributed by atoms with Gasteiger partial charge in [0.15, 0.2) is 0 Å². The topological polar surface area (TPSA) is 3.24 Å². The van der Waals surface area contributed by atoms with Crippen molar-refractivity contribution in [3.8, 4) is 0 Å². The van der Waals surface area contributed by atoms with Gasteiger partial charge >= 0.3 is 0 Å². The highest BCUT2D eigenvalue weighted by molar-refractivity contribution is 4.77. The van der Waals surface area contributed by atoms with Gasteiger partial charge in [0.05, 0.1) is 0 Å². The van der Waals surface area contributed by atoms with E-state index in [1.807, 2.05) is 0 Å². The summed E-state index contributed by atoms with van der Waals surface area (Å²) < 4.78 is 25.5. The average Bonchev–Trinajstić information content (AvgIpc) is 2.08. The lowest BCUT2D eigenvalue weighted by atomic mass is 10.1. The van der Waals surface area contributed by atoms with Gasteiger partial charge in [-0.05, 0) is 13.0 Å². The van der Waals surface area contributed by atoms with E-state index in [9.17, 15) is 8.78 Å². The largest absolute Gasteiger partial charge is 0.303 e. The number of piperidine rings is 1. The number of rotatable bonds is 4. The molecule has 0 N–H and O–H groups in total. The molecule has 0 aromatic carbocycles. The molecule has 0 spiro atoms. The summed E-state index contributed by atoms with van der Waals surface area (Å²) in [5, 5.41) is 0. The van der Waals surface area contributed by atoms with E-state index < -0.39 is 5.92 Å². The fourth-order valence-corrected chi connectivity index (χ4v) is 1.69. The Hall–Kier alpha value is -0.180. The summed E-state index contributed by atoms with van der Waals surface area (Å²) in [5.41, 5.74) is 0. The molecule has 0 saturated carbocycles. The number of unbranched alkanes of at least 4 members (excludes halogenated alkanes) is 2. The van der Waals surface area contributed by atoms with Gasteiger partial charge in [0.1, 0.15) is 0 Å². The number of hydrogen-bond acceptors (Lipinski definition) is 1. The molecule has 0 aliphatic carbocycles. The molecule has 0 amide bonds. The molecule has 0 bridgehead atoms. The third-order valence-electron chi connectivity index (χ3n) is 2.67. The van der Waals surface area contributed by atoms with Crippen LogP contribution in [0.3, 0.4) is 0 Å². The fourth-order valence-electron chi connectivity index (χ4n) is 1.69. The number of alkyl halides is 2. The molecule has 78 valence electrons. The van der Waals surface area contributed by atoms with Gasteiger partial charge in [0.2, 0.25) is 0 Å². The van der Waals surface area contributed by atoms with Crippen molar-refractivity contribution in [2.45, 2.75) is 45.0 Å². The molecule has 1 nitrogen and oxygen atoms in total. The van der Waals surface area contributed by atoms with E-state index >= 15 is 0 Å². The SMILES string of the molecule is CCCCCN1CCC(F)(F)CC1. The Morgan fingerprint density at radius 1 is 1.15 bits per heavy atom. The standard InChI is InChI=1S/C10H19F2N/c1-2-3-4-7-13-8-5-10(11,12)6-9-13/h2-9H2,1H3. The number of hydrogen-bond donors (Lipinski definition) is 0. The maximum absolute atomic E-state index is 12.7. The molecule has 13 heavy (non-hydrogen) atoms. The third kappa shape index (κ3) is 4.03. The van der Waals surface area contributed by atoms with E-state index in [0.29, 0.717) is 13.1 Å². The lowest BCUT2D eigenvalue weighted by molar-refractivity contribution is -0.0552. The van der Waals surface area contributed by atoms with Gasteiger partial charge in [-0.2, -0.15) is 0 Å². The molecule has 1 aliphatic heterocycles. The molecule has 3 heteroatoms. The Morgan fingerprint density at radius 3 is 2.31 bits per heavy atom. The van der Waals surface area contributed by atoms with Crippen LogP contribution < -0.4 is 0 Å². The quantitative estimate of drug-likeness (QED) is 0.617. The first-order chi connectivity index (χ1) is 6.14. The van der Waals surface area contributed by atoms with Crippen LogP contribution in [0.1, 0.15) is 39.0 Å². The van der Waals surface area contributed by atoms with Crippen LogP contribution in [0.25, 0.3) is 0 Å². The average molecular weight is 191 g/mol. The van der Waals surface area contributed by atoms with Crippen molar-refractivity contribution >= 4 is 0 Å². The lowest BCUT2D eigenvalue weighted by Crippen LogP contribution is -2.39. The molecule has 0 radical (unpaired) electrons. The van der Waals surface area contributed by atoms with Gasteiger partial charge < -0.3 is 4.90 Å². The van der Waals surface area contributed by atoms with E-state index in [0.717, 1.165) is 13.0 Å². The molecule has 0 unspecified atom stereocenters. The van der Waals surface area contributed by atoms with Crippen molar-refractivity contribution in [3.63, 3.8) is 0 Å².